The van der Waals surface area contributed by atoms with Gasteiger partial charge >= 0.3 is 5.97 Å². The Bertz CT molecular complexity index is 2540. The number of hydrogen-bond acceptors (Lipinski definition) is 30. The molecule has 5 aliphatic rings. The number of aliphatic carboxylic acids is 1. The Morgan fingerprint density at radius 1 is 0.477 bits per heavy atom. The van der Waals surface area contributed by atoms with Crippen LogP contribution in [0.15, 0.2) is 12.2 Å². The number of ether oxygens (including phenoxy) is 10. The average molecular weight is 1570 g/mol. The minimum absolute atomic E-state index is 0.135. The third-order valence-corrected chi connectivity index (χ3v) is 21.1. The number of carboxylic acid groups (broad SMARTS) is 1. The van der Waals surface area contributed by atoms with E-state index in [-0.39, 0.29) is 12.3 Å². The molecule has 0 aromatic heterocycles. The first kappa shape index (κ1) is 96.2. The number of unbranched alkanes of at least 4 members (excludes halogenated alkanes) is 27. The van der Waals surface area contributed by atoms with E-state index in [1.807, 2.05) is 6.08 Å². The van der Waals surface area contributed by atoms with Gasteiger partial charge in [0.05, 0.1) is 63.9 Å². The molecule has 0 bridgehead atoms. The van der Waals surface area contributed by atoms with Crippen LogP contribution in [0.3, 0.4) is 0 Å². The SMILES string of the molecule is CCCCCCCCCCCCC/C=C/[C@@H](O)[C@H](CO[C@@H]1OC(CO)[C@@H](O[C@@H]2OC(CO)[C@H](O[C@@H]3OC(CO)[C@H](O)[C@H](O[C@@H]4OC(CO)[C@H](O)[C@H](O)C4O)C3NC(C)=O)[C@H](O[C@]3(C(=O)O)CC(O)[C@@H](NC(C)=O)C([C@H](O)[C@H](O)CO)O3)C2O)[C@H](O)C1O)NC(=O)CCCCCCCCCCCCCCCCCCC. The molecule has 636 valence electrons. The Morgan fingerprint density at radius 2 is 0.908 bits per heavy atom. The van der Waals surface area contributed by atoms with Gasteiger partial charge in [-0.15, -0.1) is 0 Å². The maximum Gasteiger partial charge on any atom is 0.364 e. The predicted octanol–water partition coefficient (Wildman–Crippen LogP) is -0.262. The number of aliphatic hydroxyl groups excluding tert-OH is 16. The van der Waals surface area contributed by atoms with E-state index in [9.17, 15) is 106 Å². The van der Waals surface area contributed by atoms with Crippen LogP contribution in [0.25, 0.3) is 0 Å². The number of aliphatic hydroxyl groups is 16. The summed E-state index contributed by atoms with van der Waals surface area (Å²) in [5, 5.41) is 197. The molecule has 0 spiro atoms. The lowest BCUT2D eigenvalue weighted by Gasteiger charge is -2.52. The van der Waals surface area contributed by atoms with Gasteiger partial charge in [-0.3, -0.25) is 14.4 Å². The number of carbonyl (C=O) groups is 4. The van der Waals surface area contributed by atoms with Crippen LogP contribution in [0.4, 0.5) is 0 Å². The molecule has 10 unspecified atom stereocenters. The third-order valence-electron chi connectivity index (χ3n) is 21.1. The summed E-state index contributed by atoms with van der Waals surface area (Å²) in [6.45, 7) is 0.333. The molecule has 28 atom stereocenters. The smallest absolute Gasteiger partial charge is 0.364 e. The van der Waals surface area contributed by atoms with Gasteiger partial charge in [-0.05, 0) is 19.3 Å². The second kappa shape index (κ2) is 51.5. The first-order valence-corrected chi connectivity index (χ1v) is 40.1. The number of carbonyl (C=O) groups excluding carboxylic acids is 3. The molecule has 0 aromatic rings. The van der Waals surface area contributed by atoms with Crippen LogP contribution in [-0.2, 0) is 66.5 Å². The zero-order valence-corrected chi connectivity index (χ0v) is 64.2. The number of nitrogens with one attached hydrogen (secondary N) is 3. The summed E-state index contributed by atoms with van der Waals surface area (Å²) in [5.74, 6) is -7.71. The fourth-order valence-corrected chi connectivity index (χ4v) is 14.7. The Morgan fingerprint density at radius 3 is 1.41 bits per heavy atom. The Labute approximate surface area is 640 Å². The van der Waals surface area contributed by atoms with Crippen LogP contribution in [0.1, 0.15) is 227 Å². The van der Waals surface area contributed by atoms with Crippen molar-refractivity contribution in [1.29, 1.82) is 0 Å². The van der Waals surface area contributed by atoms with Crippen LogP contribution in [0.5, 0.6) is 0 Å². The van der Waals surface area contributed by atoms with Gasteiger partial charge < -0.3 is 150 Å². The van der Waals surface area contributed by atoms with Gasteiger partial charge in [-0.1, -0.05) is 193 Å². The molecule has 3 amide bonds. The first-order valence-electron chi connectivity index (χ1n) is 40.1. The summed E-state index contributed by atoms with van der Waals surface area (Å²) in [6.07, 6.45) is -14.0. The number of rotatable bonds is 54. The molecule has 0 saturated carbocycles. The van der Waals surface area contributed by atoms with Gasteiger partial charge in [0.1, 0.15) is 116 Å². The quantitative estimate of drug-likeness (QED) is 0.0275. The summed E-state index contributed by atoms with van der Waals surface area (Å²) >= 11 is 0. The molecule has 5 aliphatic heterocycles. The van der Waals surface area contributed by atoms with Crippen LogP contribution in [0.2, 0.25) is 0 Å². The van der Waals surface area contributed by atoms with Gasteiger partial charge in [0.2, 0.25) is 17.7 Å². The molecule has 34 nitrogen and oxygen atoms in total. The van der Waals surface area contributed by atoms with Crippen molar-refractivity contribution in [2.45, 2.75) is 398 Å². The van der Waals surface area contributed by atoms with E-state index in [0.717, 1.165) is 71.6 Å². The summed E-state index contributed by atoms with van der Waals surface area (Å²) in [5.41, 5.74) is 0. The zero-order valence-electron chi connectivity index (χ0n) is 64.2. The van der Waals surface area contributed by atoms with Crippen molar-refractivity contribution in [1.82, 2.24) is 16.0 Å². The number of amides is 3. The van der Waals surface area contributed by atoms with Crippen molar-refractivity contribution in [3.05, 3.63) is 12.2 Å². The summed E-state index contributed by atoms with van der Waals surface area (Å²) in [7, 11) is 0. The first-order chi connectivity index (χ1) is 52.3. The standard InChI is InChI=1S/C75H135N3O31/c1-5-7-9-11-13-15-17-19-20-21-22-24-26-28-30-32-34-36-54(89)78-46(47(86)35-33-31-29-27-25-23-18-16-14-12-10-8-6-2)43-100-71-63(96)61(94)65(52(41-82)103-71)105-73-64(97)69(109-75(74(98)99)37-48(87)55(76-44(3)84)68(108-75)57(90)49(88)38-79)66(53(42-83)104-73)106-70-56(77-45(4)85)67(59(92)51(40-81)101-70)107-72-62(95)60(93)58(91)50(39-80)102-72/h33,35,46-53,55-73,79-83,86-88,90-97H,5-32,34,36-43H2,1-4H3,(H,76,84)(H,77,85)(H,78,89)(H,98,99)/b35-33+/t46-,47+,48?,49+,50?,51?,52?,53?,55+,56?,57+,58-,59-,60-,61+,62?,63?,64?,65+,66-,67+,68?,69+,70-,71+,72-,73-,75-/m0/s1. The van der Waals surface area contributed by atoms with E-state index < -0.39 is 235 Å². The lowest BCUT2D eigenvalue weighted by Crippen LogP contribution is -2.72. The highest BCUT2D eigenvalue weighted by Crippen LogP contribution is 2.41. The molecule has 0 aromatic carbocycles. The molecule has 0 radical (unpaired) electrons. The Hall–Kier alpha value is -3.42. The van der Waals surface area contributed by atoms with Gasteiger partial charge in [0.25, 0.3) is 5.79 Å². The van der Waals surface area contributed by atoms with Crippen LogP contribution in [-0.4, -0.2) is 321 Å². The van der Waals surface area contributed by atoms with Crippen LogP contribution in [0, 0.1) is 0 Å². The highest BCUT2D eigenvalue weighted by atomic mass is 16.8. The molecule has 5 saturated heterocycles. The molecule has 5 fully saturated rings. The highest BCUT2D eigenvalue weighted by molar-refractivity contribution is 5.77. The molecule has 109 heavy (non-hydrogen) atoms. The second-order valence-corrected chi connectivity index (χ2v) is 30.0. The van der Waals surface area contributed by atoms with E-state index in [4.69, 9.17) is 47.4 Å². The Balaban J connectivity index is 1.38. The molecule has 34 heteroatoms. The fraction of sp³-hybridized carbons (Fsp3) is 0.920. The minimum atomic E-state index is -3.38. The van der Waals surface area contributed by atoms with E-state index in [1.165, 1.54) is 116 Å². The van der Waals surface area contributed by atoms with E-state index in [1.54, 1.807) is 6.08 Å². The van der Waals surface area contributed by atoms with E-state index in [2.05, 4.69) is 29.8 Å². The van der Waals surface area contributed by atoms with Crippen molar-refractivity contribution >= 4 is 23.7 Å². The van der Waals surface area contributed by atoms with Gasteiger partial charge in [0, 0.05) is 26.7 Å². The van der Waals surface area contributed by atoms with E-state index >= 15 is 0 Å². The zero-order chi connectivity index (χ0) is 80.2. The summed E-state index contributed by atoms with van der Waals surface area (Å²) < 4.78 is 60.1. The third kappa shape index (κ3) is 30.3. The molecule has 0 aliphatic carbocycles. The number of allylic oxidation sites excluding steroid dienone is 1. The van der Waals surface area contributed by atoms with Crippen molar-refractivity contribution in [2.75, 3.05) is 39.6 Å². The van der Waals surface area contributed by atoms with Gasteiger partial charge in [0.15, 0.2) is 25.2 Å². The highest BCUT2D eigenvalue weighted by Gasteiger charge is 2.62. The van der Waals surface area contributed by atoms with Crippen LogP contribution < -0.4 is 16.0 Å². The number of hydrogen-bond donors (Lipinski definition) is 20. The Kier molecular flexibility index (Phi) is 45.5. The van der Waals surface area contributed by atoms with Crippen molar-refractivity contribution < 1.29 is 153 Å². The lowest BCUT2D eigenvalue weighted by atomic mass is 9.88. The fourth-order valence-electron chi connectivity index (χ4n) is 14.7. The molecular weight excluding hydrogens is 1440 g/mol. The normalized spacial score (nSPS) is 34.2. The molecule has 20 N–H and O–H groups in total. The maximum atomic E-state index is 13.8. The van der Waals surface area contributed by atoms with Gasteiger partial charge in [-0.25, -0.2) is 4.79 Å². The van der Waals surface area contributed by atoms with Gasteiger partial charge in [-0.2, -0.15) is 0 Å². The van der Waals surface area contributed by atoms with Crippen molar-refractivity contribution in [3.63, 3.8) is 0 Å². The lowest BCUT2D eigenvalue weighted by molar-refractivity contribution is -0.403. The molecule has 5 heterocycles. The van der Waals surface area contributed by atoms with Crippen molar-refractivity contribution in [3.8, 4) is 0 Å². The summed E-state index contributed by atoms with van der Waals surface area (Å²) in [6, 6.07) is -4.81. The second-order valence-electron chi connectivity index (χ2n) is 30.0. The van der Waals surface area contributed by atoms with E-state index in [0.29, 0.717) is 12.8 Å². The monoisotopic (exact) mass is 1570 g/mol. The molecular formula is C75H135N3O31. The predicted molar refractivity (Wildman–Crippen MR) is 388 cm³/mol. The summed E-state index contributed by atoms with van der Waals surface area (Å²) in [4.78, 5) is 53.0. The average Bonchev–Trinajstić information content (AvgIpc) is 0.750. The largest absolute Gasteiger partial charge is 0.477 e. The maximum absolute atomic E-state index is 13.8. The topological polar surface area (TPSA) is 541 Å². The molecule has 5 rings (SSSR count). The van der Waals surface area contributed by atoms with Crippen molar-refractivity contribution in [2.24, 2.45) is 0 Å². The van der Waals surface area contributed by atoms with Crippen LogP contribution >= 0.6 is 0 Å². The number of carboxylic acids is 1. The minimum Gasteiger partial charge on any atom is -0.477 e.